The fourth-order valence-electron chi connectivity index (χ4n) is 10.7. The van der Waals surface area contributed by atoms with Gasteiger partial charge in [0, 0.05) is 110 Å². The van der Waals surface area contributed by atoms with E-state index in [0.717, 1.165) is 44.7 Å². The van der Waals surface area contributed by atoms with Gasteiger partial charge in [0.05, 0.1) is 34.8 Å². The number of fused-ring (bicyclic) bond motifs is 6. The number of nitrogens with zero attached hydrogens (tertiary/aromatic N) is 7. The van der Waals surface area contributed by atoms with E-state index < -0.39 is 48.0 Å². The number of ether oxygens (including phenoxy) is 2. The van der Waals surface area contributed by atoms with E-state index >= 15 is 0 Å². The first-order valence-corrected chi connectivity index (χ1v) is 25.5. The van der Waals surface area contributed by atoms with Crippen LogP contribution in [0.5, 0.6) is 0 Å². The number of carbonyl (C=O) groups excluding carboxylic acids is 5. The molecule has 8 rings (SSSR count). The Morgan fingerprint density at radius 1 is 1.10 bits per heavy atom. The van der Waals surface area contributed by atoms with E-state index in [9.17, 15) is 28.4 Å². The SMILES string of the molecule is CCn1c(-c2cccnc2[C@H](C)OC)c2c3cc(ccc31)-c1csc(n1)C[C@H](NC(=O)C(C(C)C)N(C)C(=O)N1CCC3(CC1)CN(C(=O)/C=C/CF)C3)C(=O)N1CCC[C@H](N1)C(=O)OCC(C)(C)C2. The van der Waals surface area contributed by atoms with E-state index in [1.165, 1.54) is 33.4 Å². The number of thiazole rings is 1. The molecule has 2 N–H and O–H groups in total. The number of methoxy groups -OCH3 is 1. The van der Waals surface area contributed by atoms with Crippen LogP contribution in [0, 0.1) is 16.7 Å². The van der Waals surface area contributed by atoms with Crippen molar-refractivity contribution in [1.29, 1.82) is 0 Å². The number of rotatable bonds is 10. The average Bonchev–Trinajstić information content (AvgIpc) is 3.94. The summed E-state index contributed by atoms with van der Waals surface area (Å²) in [7, 11) is 3.30. The molecular weight excluding hydrogens is 914 g/mol. The average molecular weight is 982 g/mol. The van der Waals surface area contributed by atoms with Crippen molar-refractivity contribution < 1.29 is 37.8 Å². The molecule has 1 spiro atoms. The third-order valence-electron chi connectivity index (χ3n) is 14.6. The Balaban J connectivity index is 1.09. The topological polar surface area (TPSA) is 172 Å². The molecule has 1 unspecified atom stereocenters. The molecule has 3 saturated heterocycles. The van der Waals surface area contributed by atoms with Gasteiger partial charge in [-0.25, -0.2) is 19.6 Å². The normalized spacial score (nSPS) is 21.4. The van der Waals surface area contributed by atoms with E-state index in [0.29, 0.717) is 76.4 Å². The van der Waals surface area contributed by atoms with Crippen LogP contribution in [0.25, 0.3) is 33.4 Å². The number of pyridine rings is 1. The number of allylic oxidation sites excluding steroid dienone is 1. The van der Waals surface area contributed by atoms with Crippen LogP contribution >= 0.6 is 11.3 Å². The number of cyclic esters (lactones) is 1. The monoisotopic (exact) mass is 981 g/mol. The van der Waals surface area contributed by atoms with Gasteiger partial charge in [-0.1, -0.05) is 33.8 Å². The maximum absolute atomic E-state index is 14.7. The number of benzene rings is 1. The highest BCUT2D eigenvalue weighted by atomic mass is 32.1. The van der Waals surface area contributed by atoms with Gasteiger partial charge in [-0.05, 0) is 87.8 Å². The first-order valence-electron chi connectivity index (χ1n) is 24.6. The molecule has 5 amide bonds. The maximum Gasteiger partial charge on any atom is 0.324 e. The number of hydrogen-bond acceptors (Lipinski definition) is 11. The molecule has 6 bridgehead atoms. The first-order chi connectivity index (χ1) is 33.5. The molecule has 0 radical (unpaired) electrons. The van der Waals surface area contributed by atoms with Crippen molar-refractivity contribution >= 4 is 52.0 Å². The molecule has 3 fully saturated rings. The third-order valence-corrected chi connectivity index (χ3v) is 15.5. The minimum absolute atomic E-state index is 0.0712. The van der Waals surface area contributed by atoms with Crippen molar-refractivity contribution in [1.82, 2.24) is 45.0 Å². The highest BCUT2D eigenvalue weighted by Crippen LogP contribution is 2.43. The first kappa shape index (κ1) is 50.7. The zero-order chi connectivity index (χ0) is 50.1. The van der Waals surface area contributed by atoms with Crippen molar-refractivity contribution in [3.8, 4) is 22.5 Å². The maximum atomic E-state index is 14.7. The summed E-state index contributed by atoms with van der Waals surface area (Å²) in [5, 5.41) is 8.12. The Morgan fingerprint density at radius 2 is 1.86 bits per heavy atom. The standard InChI is InChI=1S/C52H68FN9O7S/c1-9-61-41-17-16-34-25-36(41)37(46(61)35-13-11-21-54-44(35)33(4)68-8)27-51(5,6)31-69-49(66)38-14-12-22-62(57-38)48(65)39(26-42-55-40(34)28-70-42)56-47(64)45(32(2)3)58(7)50(67)59-23-18-52(19-24-59)29-60(30-52)43(63)15-10-20-53/h10-11,13,15-17,21,25,28,32-33,38-39,45,57H,9,12,14,18-20,22-24,26-27,29-31H2,1-8H3,(H,56,64)/b15-10+/t33-,38-,39-,45?/m0/s1. The molecule has 3 aromatic heterocycles. The fraction of sp³-hybridized carbons (Fsp3) is 0.558. The molecule has 4 aliphatic heterocycles. The van der Waals surface area contributed by atoms with Gasteiger partial charge in [-0.2, -0.15) is 0 Å². The number of carbonyl (C=O) groups is 5. The highest BCUT2D eigenvalue weighted by molar-refractivity contribution is 7.10. The number of alkyl halides is 1. The minimum atomic E-state index is -1.09. The van der Waals surface area contributed by atoms with Crippen molar-refractivity contribution in [3.63, 3.8) is 0 Å². The van der Waals surface area contributed by atoms with E-state index in [1.807, 2.05) is 32.2 Å². The van der Waals surface area contributed by atoms with Gasteiger partial charge in [0.2, 0.25) is 11.8 Å². The number of aromatic nitrogens is 3. The second kappa shape index (κ2) is 20.9. The summed E-state index contributed by atoms with van der Waals surface area (Å²) < 4.78 is 26.8. The summed E-state index contributed by atoms with van der Waals surface area (Å²) in [6, 6.07) is 7.30. The van der Waals surface area contributed by atoms with Gasteiger partial charge in [0.25, 0.3) is 5.91 Å². The predicted octanol–water partition coefficient (Wildman–Crippen LogP) is 6.73. The summed E-state index contributed by atoms with van der Waals surface area (Å²) in [4.78, 5) is 84.5. The number of urea groups is 1. The summed E-state index contributed by atoms with van der Waals surface area (Å²) in [6.07, 6.45) is 7.04. The Morgan fingerprint density at radius 3 is 2.56 bits per heavy atom. The van der Waals surface area contributed by atoms with Gasteiger partial charge in [0.15, 0.2) is 0 Å². The van der Waals surface area contributed by atoms with Crippen LogP contribution in [0.3, 0.4) is 0 Å². The Hall–Kier alpha value is -5.72. The second-order valence-corrected chi connectivity index (χ2v) is 21.5. The molecule has 70 heavy (non-hydrogen) atoms. The number of esters is 1. The van der Waals surface area contributed by atoms with Gasteiger partial charge >= 0.3 is 12.0 Å². The largest absolute Gasteiger partial charge is 0.464 e. The Kier molecular flexibility index (Phi) is 15.2. The van der Waals surface area contributed by atoms with Gasteiger partial charge in [0.1, 0.15) is 24.8 Å². The number of hydrogen-bond donors (Lipinski definition) is 2. The number of amides is 5. The fourth-order valence-corrected chi connectivity index (χ4v) is 11.6. The number of nitrogens with one attached hydrogen (secondary N) is 2. The summed E-state index contributed by atoms with van der Waals surface area (Å²) in [5.74, 6) is -1.89. The van der Waals surface area contributed by atoms with Crippen molar-refractivity contribution in [3.05, 3.63) is 70.3 Å². The van der Waals surface area contributed by atoms with E-state index in [4.69, 9.17) is 19.4 Å². The van der Waals surface area contributed by atoms with Crippen LogP contribution in [-0.4, -0.2) is 142 Å². The molecule has 0 aliphatic carbocycles. The molecule has 4 aromatic rings. The smallest absolute Gasteiger partial charge is 0.324 e. The molecule has 18 heteroatoms. The van der Waals surface area contributed by atoms with E-state index in [1.54, 1.807) is 30.2 Å². The highest BCUT2D eigenvalue weighted by Gasteiger charge is 2.48. The second-order valence-electron chi connectivity index (χ2n) is 20.6. The van der Waals surface area contributed by atoms with Gasteiger partial charge in [-0.3, -0.25) is 29.2 Å². The van der Waals surface area contributed by atoms with Crippen molar-refractivity contribution in [2.24, 2.45) is 16.7 Å². The van der Waals surface area contributed by atoms with E-state index in [-0.39, 0.29) is 42.4 Å². The lowest BCUT2D eigenvalue weighted by Gasteiger charge is -2.54. The van der Waals surface area contributed by atoms with Crippen LogP contribution in [0.2, 0.25) is 0 Å². The summed E-state index contributed by atoms with van der Waals surface area (Å²) in [6.45, 7) is 14.5. The van der Waals surface area contributed by atoms with Gasteiger partial charge < -0.3 is 34.1 Å². The molecular formula is C52H68FN9O7S. The van der Waals surface area contributed by atoms with E-state index in [2.05, 4.69) is 60.3 Å². The Labute approximate surface area is 413 Å². The zero-order valence-corrected chi connectivity index (χ0v) is 42.6. The van der Waals surface area contributed by atoms with Crippen molar-refractivity contribution in [2.45, 2.75) is 111 Å². The Bertz CT molecular complexity index is 2630. The number of likely N-dealkylation sites (N-methyl/N-ethyl adjacent to an activating group) is 1. The van der Waals surface area contributed by atoms with Crippen LogP contribution in [-0.2, 0) is 48.0 Å². The molecule has 4 atom stereocenters. The molecule has 16 nitrogen and oxygen atoms in total. The lowest BCUT2D eigenvalue weighted by atomic mass is 9.72. The number of aryl methyl sites for hydroxylation is 1. The van der Waals surface area contributed by atoms with Crippen LogP contribution in [0.1, 0.15) is 89.6 Å². The molecule has 1 aromatic carbocycles. The minimum Gasteiger partial charge on any atom is -0.464 e. The lowest BCUT2D eigenvalue weighted by Crippen LogP contribution is -2.64. The molecule has 376 valence electrons. The quantitative estimate of drug-likeness (QED) is 0.128. The number of hydrazine groups is 1. The molecule has 0 saturated carbocycles. The lowest BCUT2D eigenvalue weighted by molar-refractivity contribution is -0.155. The third kappa shape index (κ3) is 10.4. The number of piperidine rings is 1. The molecule has 7 heterocycles. The predicted molar refractivity (Wildman–Crippen MR) is 266 cm³/mol. The van der Waals surface area contributed by atoms with Crippen LogP contribution in [0.15, 0.2) is 54.1 Å². The van der Waals surface area contributed by atoms with Gasteiger partial charge in [-0.15, -0.1) is 11.3 Å². The molecule has 4 aliphatic rings. The van der Waals surface area contributed by atoms with Crippen LogP contribution < -0.4 is 10.7 Å². The number of likely N-dealkylation sites (tertiary alicyclic amines) is 2. The van der Waals surface area contributed by atoms with Crippen LogP contribution in [0.4, 0.5) is 9.18 Å². The summed E-state index contributed by atoms with van der Waals surface area (Å²) in [5.41, 5.74) is 9.14. The van der Waals surface area contributed by atoms with Crippen molar-refractivity contribution in [2.75, 3.05) is 60.2 Å². The summed E-state index contributed by atoms with van der Waals surface area (Å²) >= 11 is 1.41. The zero-order valence-electron chi connectivity index (χ0n) is 41.8. The number of halogens is 1.